The molecule has 0 aliphatic carbocycles. The third kappa shape index (κ3) is 4.67. The number of esters is 1. The highest BCUT2D eigenvalue weighted by Gasteiger charge is 2.13. The van der Waals surface area contributed by atoms with Gasteiger partial charge in [0, 0.05) is 11.0 Å². The number of ether oxygens (including phenoxy) is 1. The molecule has 0 saturated carbocycles. The highest BCUT2D eigenvalue weighted by Crippen LogP contribution is 2.28. The monoisotopic (exact) mass is 349 g/mol. The number of aliphatic hydroxyl groups excluding tert-OH is 1. The lowest BCUT2D eigenvalue weighted by Gasteiger charge is -2.15. The van der Waals surface area contributed by atoms with E-state index in [1.165, 1.54) is 0 Å². The average molecular weight is 351 g/mol. The first-order chi connectivity index (χ1) is 8.99. The van der Waals surface area contributed by atoms with E-state index >= 15 is 0 Å². The Morgan fingerprint density at radius 1 is 1.58 bits per heavy atom. The first kappa shape index (κ1) is 16.3. The Morgan fingerprint density at radius 2 is 2.26 bits per heavy atom. The zero-order valence-corrected chi connectivity index (χ0v) is 13.2. The molecule has 1 aromatic carbocycles. The molecule has 2 N–H and O–H groups in total. The minimum atomic E-state index is -0.613. The molecule has 1 atom stereocenters. The van der Waals surface area contributed by atoms with Crippen molar-refractivity contribution in [3.63, 3.8) is 0 Å². The van der Waals surface area contributed by atoms with Crippen LogP contribution in [0.1, 0.15) is 22.8 Å². The third-order valence-electron chi connectivity index (χ3n) is 2.49. The number of hydrogen-bond donors (Lipinski definition) is 2. The Labute approximate surface area is 126 Å². The van der Waals surface area contributed by atoms with Gasteiger partial charge in [-0.2, -0.15) is 0 Å². The molecule has 1 aromatic rings. The van der Waals surface area contributed by atoms with Crippen LogP contribution in [0.4, 0.5) is 5.69 Å². The maximum Gasteiger partial charge on any atom is 0.338 e. The number of carbonyl (C=O) groups excluding carboxylic acids is 1. The molecule has 0 spiro atoms. The second-order valence-corrected chi connectivity index (χ2v) is 5.22. The first-order valence-corrected chi connectivity index (χ1v) is 7.27. The number of aliphatic hydroxyl groups is 1. The number of aryl methyl sites for hydroxylation is 1. The summed E-state index contributed by atoms with van der Waals surface area (Å²) in [4.78, 5) is 11.7. The minimum Gasteiger partial charge on any atom is -0.462 e. The smallest absolute Gasteiger partial charge is 0.338 e. The number of halogens is 2. The zero-order valence-electron chi connectivity index (χ0n) is 10.9. The molecule has 1 rings (SSSR count). The van der Waals surface area contributed by atoms with Crippen molar-refractivity contribution in [2.45, 2.75) is 20.0 Å². The molecule has 0 fully saturated rings. The summed E-state index contributed by atoms with van der Waals surface area (Å²) in [5.41, 5.74) is 2.21. The van der Waals surface area contributed by atoms with Gasteiger partial charge in [0.05, 0.1) is 29.8 Å². The van der Waals surface area contributed by atoms with Crippen molar-refractivity contribution in [2.75, 3.05) is 24.3 Å². The fourth-order valence-electron chi connectivity index (χ4n) is 1.57. The van der Waals surface area contributed by atoms with Crippen molar-refractivity contribution in [3.8, 4) is 0 Å². The van der Waals surface area contributed by atoms with Gasteiger partial charge in [-0.25, -0.2) is 4.79 Å². The fourth-order valence-corrected chi connectivity index (χ4v) is 2.38. The van der Waals surface area contributed by atoms with Gasteiger partial charge in [0.15, 0.2) is 0 Å². The van der Waals surface area contributed by atoms with Crippen LogP contribution in [0, 0.1) is 6.92 Å². The third-order valence-corrected chi connectivity index (χ3v) is 3.47. The summed E-state index contributed by atoms with van der Waals surface area (Å²) < 4.78 is 5.70. The van der Waals surface area contributed by atoms with Crippen LogP contribution in [0.5, 0.6) is 0 Å². The molecule has 0 saturated heterocycles. The van der Waals surface area contributed by atoms with Gasteiger partial charge in [0.2, 0.25) is 0 Å². The summed E-state index contributed by atoms with van der Waals surface area (Å²) in [6.45, 7) is 4.34. The maximum atomic E-state index is 11.7. The lowest BCUT2D eigenvalue weighted by atomic mass is 10.1. The van der Waals surface area contributed by atoms with E-state index in [2.05, 4.69) is 21.2 Å². The van der Waals surface area contributed by atoms with Gasteiger partial charge in [-0.15, -0.1) is 11.6 Å². The Hall–Kier alpha value is -0.780. The van der Waals surface area contributed by atoms with E-state index in [0.29, 0.717) is 18.7 Å². The SMILES string of the molecule is CCOC(=O)c1cc(C)c(NCC(O)CCl)c(Br)c1. The van der Waals surface area contributed by atoms with E-state index in [1.54, 1.807) is 19.1 Å². The molecule has 0 amide bonds. The molecule has 0 aliphatic rings. The minimum absolute atomic E-state index is 0.171. The summed E-state index contributed by atoms with van der Waals surface area (Å²) >= 11 is 8.94. The van der Waals surface area contributed by atoms with E-state index in [9.17, 15) is 9.90 Å². The van der Waals surface area contributed by atoms with Crippen molar-refractivity contribution in [3.05, 3.63) is 27.7 Å². The molecular formula is C13H17BrClNO3. The molecule has 0 bridgehead atoms. The van der Waals surface area contributed by atoms with Gasteiger partial charge >= 0.3 is 5.97 Å². The molecule has 6 heteroatoms. The second kappa shape index (κ2) is 7.72. The molecule has 0 aromatic heterocycles. The molecular weight excluding hydrogens is 334 g/mol. The lowest BCUT2D eigenvalue weighted by Crippen LogP contribution is -2.21. The topological polar surface area (TPSA) is 58.6 Å². The fraction of sp³-hybridized carbons (Fsp3) is 0.462. The molecule has 0 aliphatic heterocycles. The molecule has 0 heterocycles. The van der Waals surface area contributed by atoms with Crippen LogP contribution < -0.4 is 5.32 Å². The normalized spacial score (nSPS) is 12.1. The highest BCUT2D eigenvalue weighted by molar-refractivity contribution is 9.10. The van der Waals surface area contributed by atoms with Gasteiger partial charge in [-0.1, -0.05) is 0 Å². The predicted octanol–water partition coefficient (Wildman–Crippen LogP) is 2.95. The first-order valence-electron chi connectivity index (χ1n) is 5.94. The van der Waals surface area contributed by atoms with Crippen molar-refractivity contribution in [1.82, 2.24) is 0 Å². The molecule has 19 heavy (non-hydrogen) atoms. The van der Waals surface area contributed by atoms with Crippen LogP contribution in [-0.4, -0.2) is 36.2 Å². The van der Waals surface area contributed by atoms with E-state index in [0.717, 1.165) is 15.7 Å². The number of carbonyl (C=O) groups is 1. The maximum absolute atomic E-state index is 11.7. The molecule has 4 nitrogen and oxygen atoms in total. The van der Waals surface area contributed by atoms with Crippen molar-refractivity contribution < 1.29 is 14.6 Å². The molecule has 0 radical (unpaired) electrons. The molecule has 1 unspecified atom stereocenters. The van der Waals surface area contributed by atoms with Gasteiger partial charge in [0.1, 0.15) is 0 Å². The summed E-state index contributed by atoms with van der Waals surface area (Å²) in [5.74, 6) is -0.177. The second-order valence-electron chi connectivity index (χ2n) is 4.06. The van der Waals surface area contributed by atoms with E-state index < -0.39 is 6.10 Å². The highest BCUT2D eigenvalue weighted by atomic mass is 79.9. The number of benzene rings is 1. The van der Waals surface area contributed by atoms with Gasteiger partial charge in [0.25, 0.3) is 0 Å². The summed E-state index contributed by atoms with van der Waals surface area (Å²) in [7, 11) is 0. The van der Waals surface area contributed by atoms with E-state index in [-0.39, 0.29) is 11.8 Å². The average Bonchev–Trinajstić information content (AvgIpc) is 2.37. The zero-order chi connectivity index (χ0) is 14.4. The number of alkyl halides is 1. The standard InChI is InChI=1S/C13H17BrClNO3/c1-3-19-13(18)9-4-8(2)12(11(14)5-9)16-7-10(17)6-15/h4-5,10,16-17H,3,6-7H2,1-2H3. The van der Waals surface area contributed by atoms with Crippen molar-refractivity contribution >= 4 is 39.2 Å². The van der Waals surface area contributed by atoms with E-state index in [1.807, 2.05) is 6.92 Å². The lowest BCUT2D eigenvalue weighted by molar-refractivity contribution is 0.0526. The Morgan fingerprint density at radius 3 is 2.79 bits per heavy atom. The quantitative estimate of drug-likeness (QED) is 0.612. The number of anilines is 1. The Bertz CT molecular complexity index is 431. The predicted molar refractivity (Wildman–Crippen MR) is 80.1 cm³/mol. The number of hydrogen-bond acceptors (Lipinski definition) is 4. The van der Waals surface area contributed by atoms with Crippen LogP contribution >= 0.6 is 27.5 Å². The van der Waals surface area contributed by atoms with Crippen LogP contribution in [-0.2, 0) is 4.74 Å². The summed E-state index contributed by atoms with van der Waals surface area (Å²) in [6, 6.07) is 3.44. The van der Waals surface area contributed by atoms with E-state index in [4.69, 9.17) is 16.3 Å². The summed E-state index contributed by atoms with van der Waals surface area (Å²) in [5, 5.41) is 12.5. The number of nitrogens with one attached hydrogen (secondary N) is 1. The largest absolute Gasteiger partial charge is 0.462 e. The van der Waals surface area contributed by atoms with Gasteiger partial charge in [-0.05, 0) is 47.5 Å². The Balaban J connectivity index is 2.88. The van der Waals surface area contributed by atoms with Crippen molar-refractivity contribution in [2.24, 2.45) is 0 Å². The van der Waals surface area contributed by atoms with Crippen molar-refractivity contribution in [1.29, 1.82) is 0 Å². The molecule has 106 valence electrons. The van der Waals surface area contributed by atoms with Crippen LogP contribution in [0.2, 0.25) is 0 Å². The van der Waals surface area contributed by atoms with Crippen LogP contribution in [0.3, 0.4) is 0 Å². The number of rotatable bonds is 6. The van der Waals surface area contributed by atoms with Gasteiger partial charge < -0.3 is 15.2 Å². The van der Waals surface area contributed by atoms with Gasteiger partial charge in [-0.3, -0.25) is 0 Å². The van der Waals surface area contributed by atoms with Crippen LogP contribution in [0.15, 0.2) is 16.6 Å². The van der Waals surface area contributed by atoms with Crippen LogP contribution in [0.25, 0.3) is 0 Å². The summed E-state index contributed by atoms with van der Waals surface area (Å²) in [6.07, 6.45) is -0.613. The Kier molecular flexibility index (Phi) is 6.62.